The Labute approximate surface area is 299 Å². The van der Waals surface area contributed by atoms with Crippen molar-refractivity contribution in [2.45, 2.75) is 63.8 Å². The van der Waals surface area contributed by atoms with E-state index >= 15 is 0 Å². The molecule has 0 bridgehead atoms. The minimum atomic E-state index is -3.93. The molecule has 4 aromatic rings. The van der Waals surface area contributed by atoms with Crippen molar-refractivity contribution in [3.05, 3.63) is 130 Å². The zero-order chi connectivity index (χ0) is 34.8. The van der Waals surface area contributed by atoms with E-state index in [2.05, 4.69) is 5.32 Å². The normalized spacial score (nSPS) is 14.1. The Hall–Kier alpha value is -4.05. The second-order valence-corrected chi connectivity index (χ2v) is 15.1. The molecule has 8 nitrogen and oxygen atoms in total. The molecule has 0 aliphatic heterocycles. The number of rotatable bonds is 14. The molecule has 11 heteroatoms. The highest BCUT2D eigenvalue weighted by Gasteiger charge is 2.34. The predicted octanol–water partition coefficient (Wildman–Crippen LogP) is 7.43. The molecule has 0 heterocycles. The van der Waals surface area contributed by atoms with Crippen LogP contribution in [0.1, 0.15) is 48.8 Å². The van der Waals surface area contributed by atoms with Crippen molar-refractivity contribution < 1.29 is 22.7 Å². The number of benzene rings is 4. The molecule has 1 N–H and O–H groups in total. The first kappa shape index (κ1) is 36.2. The summed E-state index contributed by atoms with van der Waals surface area (Å²) in [4.78, 5) is 30.0. The average Bonchev–Trinajstić information content (AvgIpc) is 3.09. The molecule has 1 atom stereocenters. The molecule has 0 aromatic heterocycles. The fourth-order valence-corrected chi connectivity index (χ4v) is 7.31. The Morgan fingerprint density at radius 2 is 1.49 bits per heavy atom. The summed E-state index contributed by atoms with van der Waals surface area (Å²) in [5.41, 5.74) is 2.72. The van der Waals surface area contributed by atoms with Crippen LogP contribution in [0.2, 0.25) is 10.0 Å². The van der Waals surface area contributed by atoms with E-state index in [1.807, 2.05) is 60.7 Å². The Morgan fingerprint density at radius 3 is 2.10 bits per heavy atom. The summed E-state index contributed by atoms with van der Waals surface area (Å²) < 4.78 is 33.3. The molecule has 258 valence electrons. The van der Waals surface area contributed by atoms with E-state index in [0.29, 0.717) is 33.7 Å². The van der Waals surface area contributed by atoms with Gasteiger partial charge in [-0.05, 0) is 65.9 Å². The largest absolute Gasteiger partial charge is 0.489 e. The van der Waals surface area contributed by atoms with Gasteiger partial charge in [0.25, 0.3) is 0 Å². The van der Waals surface area contributed by atoms with Gasteiger partial charge in [-0.2, -0.15) is 0 Å². The maximum Gasteiger partial charge on any atom is 0.244 e. The topological polar surface area (TPSA) is 96.0 Å². The third-order valence-corrected chi connectivity index (χ3v) is 10.4. The van der Waals surface area contributed by atoms with Gasteiger partial charge >= 0.3 is 0 Å². The molecular formula is C38H41Cl2N3O5S. The molecule has 1 fully saturated rings. The van der Waals surface area contributed by atoms with Gasteiger partial charge in [0.2, 0.25) is 21.8 Å². The van der Waals surface area contributed by atoms with Crippen LogP contribution in [-0.2, 0) is 39.2 Å². The molecule has 1 saturated carbocycles. The highest BCUT2D eigenvalue weighted by Crippen LogP contribution is 2.27. The summed E-state index contributed by atoms with van der Waals surface area (Å²) in [5.74, 6) is -0.297. The standard InChI is InChI=1S/C38H41Cl2N3O5S/c1-49(46,47)43(33-19-21-34(22-20-33)48-27-29-13-7-3-8-14-29)26-37(44)42(25-30-17-18-31(39)24-35(30)40)36(23-28-11-5-2-6-12-28)38(45)41-32-15-9-4-10-16-32/h2-3,5-8,11-14,17-22,24,32,36H,4,9-10,15-16,23,25-27H2,1H3,(H,41,45)/t36-/m1/s1. The molecule has 0 saturated heterocycles. The fourth-order valence-electron chi connectivity index (χ4n) is 5.99. The van der Waals surface area contributed by atoms with E-state index in [9.17, 15) is 18.0 Å². The maximum atomic E-state index is 14.5. The van der Waals surface area contributed by atoms with Crippen molar-refractivity contribution in [1.29, 1.82) is 0 Å². The lowest BCUT2D eigenvalue weighted by atomic mass is 9.94. The monoisotopic (exact) mass is 721 g/mol. The number of nitrogens with one attached hydrogen (secondary N) is 1. The Balaban J connectivity index is 1.45. The van der Waals surface area contributed by atoms with Crippen LogP contribution in [0.5, 0.6) is 5.75 Å². The quantitative estimate of drug-likeness (QED) is 0.146. The van der Waals surface area contributed by atoms with Gasteiger partial charge in [0.1, 0.15) is 24.9 Å². The van der Waals surface area contributed by atoms with Crippen molar-refractivity contribution in [1.82, 2.24) is 10.2 Å². The van der Waals surface area contributed by atoms with Gasteiger partial charge in [-0.25, -0.2) is 8.42 Å². The summed E-state index contributed by atoms with van der Waals surface area (Å²) in [6.07, 6.45) is 6.19. The van der Waals surface area contributed by atoms with Crippen molar-refractivity contribution in [2.75, 3.05) is 17.1 Å². The van der Waals surface area contributed by atoms with Crippen LogP contribution in [0.15, 0.2) is 103 Å². The minimum Gasteiger partial charge on any atom is -0.489 e. The number of carbonyl (C=O) groups is 2. The first-order valence-electron chi connectivity index (χ1n) is 16.4. The number of carbonyl (C=O) groups excluding carboxylic acids is 2. The molecule has 4 aromatic carbocycles. The Bertz CT molecular complexity index is 1800. The minimum absolute atomic E-state index is 0.00531. The van der Waals surface area contributed by atoms with Gasteiger partial charge in [0.05, 0.1) is 11.9 Å². The number of hydrogen-bond donors (Lipinski definition) is 1. The van der Waals surface area contributed by atoms with Crippen LogP contribution in [0, 0.1) is 0 Å². The van der Waals surface area contributed by atoms with Crippen LogP contribution in [-0.4, -0.2) is 50.0 Å². The van der Waals surface area contributed by atoms with Crippen molar-refractivity contribution in [2.24, 2.45) is 0 Å². The first-order chi connectivity index (χ1) is 23.6. The number of halogens is 2. The second kappa shape index (κ2) is 17.1. The molecule has 1 aliphatic carbocycles. The molecule has 5 rings (SSSR count). The molecule has 1 aliphatic rings. The summed E-state index contributed by atoms with van der Waals surface area (Å²) in [5, 5.41) is 3.96. The van der Waals surface area contributed by atoms with Gasteiger partial charge in [0.15, 0.2) is 0 Å². The van der Waals surface area contributed by atoms with E-state index < -0.39 is 28.5 Å². The van der Waals surface area contributed by atoms with Crippen molar-refractivity contribution in [3.63, 3.8) is 0 Å². The number of hydrogen-bond acceptors (Lipinski definition) is 5. The maximum absolute atomic E-state index is 14.5. The Morgan fingerprint density at radius 1 is 0.857 bits per heavy atom. The lowest BCUT2D eigenvalue weighted by molar-refractivity contribution is -0.140. The number of sulfonamides is 1. The zero-order valence-electron chi connectivity index (χ0n) is 27.4. The number of nitrogens with zero attached hydrogens (tertiary/aromatic N) is 2. The van der Waals surface area contributed by atoms with E-state index in [-0.39, 0.29) is 24.9 Å². The van der Waals surface area contributed by atoms with Crippen LogP contribution in [0.25, 0.3) is 0 Å². The lowest BCUT2D eigenvalue weighted by Gasteiger charge is -2.35. The van der Waals surface area contributed by atoms with E-state index in [1.54, 1.807) is 42.5 Å². The summed E-state index contributed by atoms with van der Waals surface area (Å²) in [6, 6.07) is 29.7. The first-order valence-corrected chi connectivity index (χ1v) is 19.0. The number of amides is 2. The lowest BCUT2D eigenvalue weighted by Crippen LogP contribution is -2.55. The zero-order valence-corrected chi connectivity index (χ0v) is 29.8. The van der Waals surface area contributed by atoms with Crippen molar-refractivity contribution in [3.8, 4) is 5.75 Å². The smallest absolute Gasteiger partial charge is 0.244 e. The van der Waals surface area contributed by atoms with Gasteiger partial charge in [0, 0.05) is 29.1 Å². The number of anilines is 1. The van der Waals surface area contributed by atoms with Crippen LogP contribution in [0.3, 0.4) is 0 Å². The van der Waals surface area contributed by atoms with Crippen LogP contribution < -0.4 is 14.4 Å². The third-order valence-electron chi connectivity index (χ3n) is 8.63. The fraction of sp³-hybridized carbons (Fsp3) is 0.316. The van der Waals surface area contributed by atoms with Crippen LogP contribution in [0.4, 0.5) is 5.69 Å². The molecule has 0 radical (unpaired) electrons. The molecular weight excluding hydrogens is 681 g/mol. The highest BCUT2D eigenvalue weighted by molar-refractivity contribution is 7.92. The molecule has 0 unspecified atom stereocenters. The van der Waals surface area contributed by atoms with Crippen molar-refractivity contribution >= 4 is 50.7 Å². The summed E-state index contributed by atoms with van der Waals surface area (Å²) in [6.45, 7) is -0.215. The Kier molecular flexibility index (Phi) is 12.6. The molecule has 0 spiro atoms. The predicted molar refractivity (Wildman–Crippen MR) is 195 cm³/mol. The van der Waals surface area contributed by atoms with Gasteiger partial charge in [-0.3, -0.25) is 13.9 Å². The molecule has 49 heavy (non-hydrogen) atoms. The second-order valence-electron chi connectivity index (χ2n) is 12.3. The summed E-state index contributed by atoms with van der Waals surface area (Å²) >= 11 is 12.8. The third kappa shape index (κ3) is 10.5. The van der Waals surface area contributed by atoms with Gasteiger partial charge in [-0.15, -0.1) is 0 Å². The van der Waals surface area contributed by atoms with E-state index in [1.165, 1.54) is 4.90 Å². The number of ether oxygens (including phenoxy) is 1. The average molecular weight is 723 g/mol. The van der Waals surface area contributed by atoms with E-state index in [0.717, 1.165) is 53.8 Å². The van der Waals surface area contributed by atoms with Gasteiger partial charge in [-0.1, -0.05) is 109 Å². The van der Waals surface area contributed by atoms with Crippen LogP contribution >= 0.6 is 23.2 Å². The van der Waals surface area contributed by atoms with Gasteiger partial charge < -0.3 is 15.0 Å². The SMILES string of the molecule is CS(=O)(=O)N(CC(=O)N(Cc1ccc(Cl)cc1Cl)[C@H](Cc1ccccc1)C(=O)NC1CCCCC1)c1ccc(OCc2ccccc2)cc1. The highest BCUT2D eigenvalue weighted by atomic mass is 35.5. The van der Waals surface area contributed by atoms with E-state index in [4.69, 9.17) is 27.9 Å². The molecule has 2 amide bonds. The summed E-state index contributed by atoms with van der Waals surface area (Å²) in [7, 11) is -3.93.